The van der Waals surface area contributed by atoms with Gasteiger partial charge >= 0.3 is 12.0 Å². The Balaban J connectivity index is 2.39. The summed E-state index contributed by atoms with van der Waals surface area (Å²) in [6.07, 6.45) is 0. The molecule has 2 amide bonds. The smallest absolute Gasteiger partial charge is 0.341 e. The van der Waals surface area contributed by atoms with E-state index in [9.17, 15) is 19.7 Å². The van der Waals surface area contributed by atoms with Crippen LogP contribution in [0.4, 0.5) is 10.5 Å². The van der Waals surface area contributed by atoms with Crippen molar-refractivity contribution >= 4 is 23.4 Å². The number of nitrogens with one attached hydrogen (secondary N) is 1. The first-order valence-electron chi connectivity index (χ1n) is 6.12. The molecule has 21 heavy (non-hydrogen) atoms. The van der Waals surface area contributed by atoms with E-state index in [0.717, 1.165) is 0 Å². The van der Waals surface area contributed by atoms with E-state index in [1.54, 1.807) is 6.92 Å². The molecule has 8 heteroatoms. The molecular formula is C13H13N3O5. The van der Waals surface area contributed by atoms with Gasteiger partial charge in [-0.25, -0.2) is 9.79 Å². The van der Waals surface area contributed by atoms with E-state index >= 15 is 0 Å². The molecule has 0 bridgehead atoms. The van der Waals surface area contributed by atoms with Crippen molar-refractivity contribution in [1.82, 2.24) is 5.32 Å². The van der Waals surface area contributed by atoms with Crippen molar-refractivity contribution in [3.8, 4) is 0 Å². The Labute approximate surface area is 120 Å². The fourth-order valence-electron chi connectivity index (χ4n) is 2.23. The summed E-state index contributed by atoms with van der Waals surface area (Å²) in [5.74, 6) is -1.28. The number of hydrogen-bond acceptors (Lipinski definition) is 5. The number of hydrogen-bond donors (Lipinski definition) is 1. The van der Waals surface area contributed by atoms with Crippen LogP contribution in [-0.2, 0) is 9.53 Å². The van der Waals surface area contributed by atoms with E-state index in [0.29, 0.717) is 11.3 Å². The maximum Gasteiger partial charge on any atom is 0.341 e. The number of amides is 2. The van der Waals surface area contributed by atoms with Crippen LogP contribution in [0, 0.1) is 16.0 Å². The quantitative estimate of drug-likeness (QED) is 0.516. The predicted octanol–water partition coefficient (Wildman–Crippen LogP) is 1.61. The topological polar surface area (TPSA) is 111 Å². The Morgan fingerprint density at radius 3 is 2.52 bits per heavy atom. The van der Waals surface area contributed by atoms with Crippen LogP contribution in [0.25, 0.3) is 0 Å². The number of nitrogens with zero attached hydrogens (tertiary/aromatic N) is 2. The van der Waals surface area contributed by atoms with Gasteiger partial charge in [0.2, 0.25) is 0 Å². The molecule has 1 aromatic carbocycles. The van der Waals surface area contributed by atoms with Gasteiger partial charge in [0, 0.05) is 17.8 Å². The predicted molar refractivity (Wildman–Crippen MR) is 73.0 cm³/mol. The molecule has 0 radical (unpaired) electrons. The van der Waals surface area contributed by atoms with E-state index < -0.39 is 28.9 Å². The molecule has 1 aromatic rings. The molecule has 1 N–H and O–H groups in total. The van der Waals surface area contributed by atoms with Crippen molar-refractivity contribution in [3.05, 3.63) is 39.9 Å². The molecule has 2 rings (SSSR count). The number of carbonyl (C=O) groups excluding carboxylic acids is 2. The van der Waals surface area contributed by atoms with Crippen molar-refractivity contribution in [3.63, 3.8) is 0 Å². The van der Waals surface area contributed by atoms with Crippen LogP contribution in [0.2, 0.25) is 0 Å². The average Bonchev–Trinajstić information content (AvgIpc) is 2.45. The van der Waals surface area contributed by atoms with Crippen LogP contribution in [0.3, 0.4) is 0 Å². The summed E-state index contributed by atoms with van der Waals surface area (Å²) in [7, 11) is 1.25. The highest BCUT2D eigenvalue weighted by molar-refractivity contribution is 6.08. The van der Waals surface area contributed by atoms with Gasteiger partial charge in [-0.2, -0.15) is 0 Å². The molecule has 0 aromatic heterocycles. The van der Waals surface area contributed by atoms with Crippen LogP contribution in [0.15, 0.2) is 29.3 Å². The van der Waals surface area contributed by atoms with E-state index in [4.69, 9.17) is 4.74 Å². The highest BCUT2D eigenvalue weighted by Gasteiger charge is 2.37. The largest absolute Gasteiger partial charge is 0.468 e. The van der Waals surface area contributed by atoms with Crippen LogP contribution in [0.1, 0.15) is 18.5 Å². The van der Waals surface area contributed by atoms with Crippen LogP contribution in [-0.4, -0.2) is 29.7 Å². The lowest BCUT2D eigenvalue weighted by Crippen LogP contribution is -2.44. The minimum atomic E-state index is -0.755. The molecular weight excluding hydrogens is 278 g/mol. The third kappa shape index (κ3) is 2.88. The fraction of sp³-hybridized carbons (Fsp3) is 0.308. The monoisotopic (exact) mass is 291 g/mol. The molecule has 1 aliphatic heterocycles. The summed E-state index contributed by atoms with van der Waals surface area (Å²) < 4.78 is 4.73. The lowest BCUT2D eigenvalue weighted by atomic mass is 9.88. The zero-order valence-corrected chi connectivity index (χ0v) is 11.4. The number of carbonyl (C=O) groups is 2. The van der Waals surface area contributed by atoms with Gasteiger partial charge in [0.15, 0.2) is 0 Å². The standard InChI is InChI=1S/C13H13N3O5/c1-7-10(12(17)21-2)11(15-13(18)14-7)8-3-5-9(6-4-8)16(19)20/h3-6,10-11H,1-2H3,(H,15,18). The Morgan fingerprint density at radius 1 is 1.38 bits per heavy atom. The highest BCUT2D eigenvalue weighted by Crippen LogP contribution is 2.29. The van der Waals surface area contributed by atoms with Crippen molar-refractivity contribution < 1.29 is 19.2 Å². The summed E-state index contributed by atoms with van der Waals surface area (Å²) >= 11 is 0. The van der Waals surface area contributed by atoms with Gasteiger partial charge in [-0.1, -0.05) is 12.1 Å². The van der Waals surface area contributed by atoms with Crippen molar-refractivity contribution in [2.75, 3.05) is 7.11 Å². The van der Waals surface area contributed by atoms with E-state index in [2.05, 4.69) is 10.3 Å². The fourth-order valence-corrected chi connectivity index (χ4v) is 2.23. The second-order valence-electron chi connectivity index (χ2n) is 4.53. The number of nitro benzene ring substituents is 1. The zero-order valence-electron chi connectivity index (χ0n) is 11.4. The Morgan fingerprint density at radius 2 is 2.00 bits per heavy atom. The molecule has 2 atom stereocenters. The van der Waals surface area contributed by atoms with Crippen LogP contribution < -0.4 is 5.32 Å². The lowest BCUT2D eigenvalue weighted by molar-refractivity contribution is -0.384. The van der Waals surface area contributed by atoms with Gasteiger partial charge in [0.1, 0.15) is 5.92 Å². The number of aliphatic imine (C=N–C) groups is 1. The Kier molecular flexibility index (Phi) is 3.97. The normalized spacial score (nSPS) is 21.2. The Bertz CT molecular complexity index is 623. The number of nitro groups is 1. The summed E-state index contributed by atoms with van der Waals surface area (Å²) in [6.45, 7) is 1.57. The molecule has 0 spiro atoms. The minimum absolute atomic E-state index is 0.0686. The third-order valence-corrected chi connectivity index (χ3v) is 3.26. The second kappa shape index (κ2) is 5.70. The number of benzene rings is 1. The van der Waals surface area contributed by atoms with E-state index in [-0.39, 0.29) is 5.69 Å². The zero-order chi connectivity index (χ0) is 15.6. The number of ether oxygens (including phenoxy) is 1. The first kappa shape index (κ1) is 14.6. The van der Waals surface area contributed by atoms with Crippen LogP contribution >= 0.6 is 0 Å². The summed E-state index contributed by atoms with van der Waals surface area (Å²) in [4.78, 5) is 37.3. The number of methoxy groups -OCH3 is 1. The van der Waals surface area contributed by atoms with Crippen LogP contribution in [0.5, 0.6) is 0 Å². The third-order valence-electron chi connectivity index (χ3n) is 3.26. The average molecular weight is 291 g/mol. The molecule has 0 saturated carbocycles. The molecule has 0 fully saturated rings. The number of urea groups is 1. The first-order chi connectivity index (χ1) is 9.93. The lowest BCUT2D eigenvalue weighted by Gasteiger charge is -2.29. The molecule has 0 aliphatic carbocycles. The SMILES string of the molecule is COC(=O)C1C(C)=NC(=O)NC1c1ccc([N+](=O)[O-])cc1. The van der Waals surface area contributed by atoms with Crippen molar-refractivity contribution in [2.24, 2.45) is 10.9 Å². The first-order valence-corrected chi connectivity index (χ1v) is 6.12. The summed E-state index contributed by atoms with van der Waals surface area (Å²) in [6, 6.07) is 4.41. The Hall–Kier alpha value is -2.77. The molecule has 110 valence electrons. The van der Waals surface area contributed by atoms with Gasteiger partial charge in [-0.3, -0.25) is 14.9 Å². The minimum Gasteiger partial charge on any atom is -0.468 e. The summed E-state index contributed by atoms with van der Waals surface area (Å²) in [5, 5.41) is 13.2. The number of esters is 1. The van der Waals surface area contributed by atoms with Gasteiger partial charge in [0.25, 0.3) is 5.69 Å². The van der Waals surface area contributed by atoms with E-state index in [1.807, 2.05) is 0 Å². The molecule has 8 nitrogen and oxygen atoms in total. The molecule has 1 aliphatic rings. The van der Waals surface area contributed by atoms with Gasteiger partial charge in [-0.05, 0) is 12.5 Å². The highest BCUT2D eigenvalue weighted by atomic mass is 16.6. The van der Waals surface area contributed by atoms with Gasteiger partial charge in [-0.15, -0.1) is 0 Å². The van der Waals surface area contributed by atoms with Gasteiger partial charge in [0.05, 0.1) is 18.1 Å². The van der Waals surface area contributed by atoms with Crippen molar-refractivity contribution in [1.29, 1.82) is 0 Å². The van der Waals surface area contributed by atoms with Gasteiger partial charge < -0.3 is 10.1 Å². The molecule has 2 unspecified atom stereocenters. The maximum atomic E-state index is 11.9. The molecule has 1 heterocycles. The number of rotatable bonds is 3. The van der Waals surface area contributed by atoms with E-state index in [1.165, 1.54) is 31.4 Å². The number of non-ortho nitro benzene ring substituents is 1. The summed E-state index contributed by atoms with van der Waals surface area (Å²) in [5.41, 5.74) is 0.841. The maximum absolute atomic E-state index is 11.9. The molecule has 0 saturated heterocycles. The second-order valence-corrected chi connectivity index (χ2v) is 4.53. The van der Waals surface area contributed by atoms with Crippen molar-refractivity contribution in [2.45, 2.75) is 13.0 Å².